The van der Waals surface area contributed by atoms with E-state index in [1.54, 1.807) is 11.3 Å². The molecule has 0 aliphatic carbocycles. The molecule has 3 nitrogen and oxygen atoms in total. The van der Waals surface area contributed by atoms with Gasteiger partial charge in [-0.3, -0.25) is 0 Å². The second-order valence-corrected chi connectivity index (χ2v) is 7.08. The predicted molar refractivity (Wildman–Crippen MR) is 105 cm³/mol. The molecule has 0 atom stereocenters. The SMILES string of the molecule is Br.Clc1ccc(-c2cn3nc(-c4ccc(Br)cc4)sc3n2)cc1. The molecule has 0 bridgehead atoms. The van der Waals surface area contributed by atoms with Crippen molar-refractivity contribution in [1.29, 1.82) is 0 Å². The van der Waals surface area contributed by atoms with Gasteiger partial charge in [0.15, 0.2) is 0 Å². The molecule has 7 heteroatoms. The number of aromatic nitrogens is 3. The number of hydrogen-bond acceptors (Lipinski definition) is 3. The van der Waals surface area contributed by atoms with Crippen LogP contribution in [0.3, 0.4) is 0 Å². The minimum atomic E-state index is 0. The molecular formula is C16H10Br2ClN3S. The Balaban J connectivity index is 0.00000156. The van der Waals surface area contributed by atoms with Crippen LogP contribution >= 0.6 is 55.8 Å². The molecule has 0 fully saturated rings. The van der Waals surface area contributed by atoms with Gasteiger partial charge in [-0.2, -0.15) is 5.10 Å². The fraction of sp³-hybridized carbons (Fsp3) is 0. The molecule has 2 aromatic heterocycles. The van der Waals surface area contributed by atoms with Crippen LogP contribution in [-0.4, -0.2) is 14.6 Å². The van der Waals surface area contributed by atoms with Gasteiger partial charge in [-0.1, -0.05) is 63.1 Å². The second-order valence-electron chi connectivity index (χ2n) is 4.77. The molecule has 2 aromatic carbocycles. The normalized spacial score (nSPS) is 10.7. The van der Waals surface area contributed by atoms with Crippen LogP contribution < -0.4 is 0 Å². The van der Waals surface area contributed by atoms with E-state index in [1.807, 2.05) is 59.2 Å². The van der Waals surface area contributed by atoms with Gasteiger partial charge >= 0.3 is 0 Å². The second kappa shape index (κ2) is 6.73. The fourth-order valence-electron chi connectivity index (χ4n) is 2.17. The predicted octanol–water partition coefficient (Wildman–Crippen LogP) is 6.12. The molecule has 4 rings (SSSR count). The van der Waals surface area contributed by atoms with Gasteiger partial charge in [-0.25, -0.2) is 9.50 Å². The molecule has 0 N–H and O–H groups in total. The largest absolute Gasteiger partial charge is 0.217 e. The molecule has 2 heterocycles. The van der Waals surface area contributed by atoms with Crippen molar-refractivity contribution in [2.75, 3.05) is 0 Å². The van der Waals surface area contributed by atoms with Gasteiger partial charge in [-0.05, 0) is 24.3 Å². The number of hydrogen-bond donors (Lipinski definition) is 0. The molecular weight excluding hydrogens is 462 g/mol. The molecule has 4 aromatic rings. The van der Waals surface area contributed by atoms with Crippen LogP contribution in [0.2, 0.25) is 5.02 Å². The third-order valence-electron chi connectivity index (χ3n) is 3.27. The Hall–Kier alpha value is -1.21. The number of fused-ring (bicyclic) bond motifs is 1. The molecule has 0 saturated carbocycles. The minimum absolute atomic E-state index is 0. The van der Waals surface area contributed by atoms with E-state index in [2.05, 4.69) is 26.0 Å². The maximum absolute atomic E-state index is 5.92. The standard InChI is InChI=1S/C16H9BrClN3S.BrH/c17-12-5-1-11(2-6-12)15-20-21-9-14(19-16(21)22-15)10-3-7-13(18)8-4-10;/h1-9H;1H. The van der Waals surface area contributed by atoms with E-state index in [0.717, 1.165) is 36.3 Å². The fourth-order valence-corrected chi connectivity index (χ4v) is 3.45. The summed E-state index contributed by atoms with van der Waals surface area (Å²) >= 11 is 10.9. The van der Waals surface area contributed by atoms with Crippen LogP contribution in [0.15, 0.2) is 59.2 Å². The monoisotopic (exact) mass is 469 g/mol. The number of rotatable bonds is 2. The highest BCUT2D eigenvalue weighted by molar-refractivity contribution is 9.10. The molecule has 0 unspecified atom stereocenters. The van der Waals surface area contributed by atoms with E-state index in [-0.39, 0.29) is 17.0 Å². The highest BCUT2D eigenvalue weighted by atomic mass is 79.9. The Bertz CT molecular complexity index is 839. The van der Waals surface area contributed by atoms with Crippen LogP contribution in [0, 0.1) is 0 Å². The average molecular weight is 472 g/mol. The summed E-state index contributed by atoms with van der Waals surface area (Å²) in [6.07, 6.45) is 1.94. The van der Waals surface area contributed by atoms with Crippen molar-refractivity contribution in [3.05, 3.63) is 64.2 Å². The van der Waals surface area contributed by atoms with Gasteiger partial charge in [0.2, 0.25) is 4.96 Å². The highest BCUT2D eigenvalue weighted by Crippen LogP contribution is 2.29. The lowest BCUT2D eigenvalue weighted by Gasteiger charge is -1.96. The maximum atomic E-state index is 5.92. The molecule has 0 saturated heterocycles. The van der Waals surface area contributed by atoms with E-state index < -0.39 is 0 Å². The Labute approximate surface area is 160 Å². The van der Waals surface area contributed by atoms with Gasteiger partial charge in [-0.15, -0.1) is 17.0 Å². The molecule has 23 heavy (non-hydrogen) atoms. The average Bonchev–Trinajstić information content (AvgIpc) is 3.07. The zero-order chi connectivity index (χ0) is 15.1. The van der Waals surface area contributed by atoms with Gasteiger partial charge in [0.25, 0.3) is 0 Å². The molecule has 0 spiro atoms. The zero-order valence-corrected chi connectivity index (χ0v) is 16.5. The lowest BCUT2D eigenvalue weighted by molar-refractivity contribution is 0.978. The molecule has 116 valence electrons. The van der Waals surface area contributed by atoms with Gasteiger partial charge < -0.3 is 0 Å². The van der Waals surface area contributed by atoms with E-state index >= 15 is 0 Å². The van der Waals surface area contributed by atoms with Crippen molar-refractivity contribution in [3.8, 4) is 21.8 Å². The van der Waals surface area contributed by atoms with Crippen LogP contribution in [0.5, 0.6) is 0 Å². The maximum Gasteiger partial charge on any atom is 0.213 e. The van der Waals surface area contributed by atoms with E-state index in [1.165, 1.54) is 0 Å². The number of halogens is 3. The Morgan fingerprint density at radius 2 is 1.61 bits per heavy atom. The lowest BCUT2D eigenvalue weighted by atomic mass is 10.2. The van der Waals surface area contributed by atoms with Crippen molar-refractivity contribution < 1.29 is 0 Å². The third kappa shape index (κ3) is 3.35. The lowest BCUT2D eigenvalue weighted by Crippen LogP contribution is -1.82. The Kier molecular flexibility index (Phi) is 4.87. The van der Waals surface area contributed by atoms with Crippen LogP contribution in [-0.2, 0) is 0 Å². The Morgan fingerprint density at radius 1 is 0.957 bits per heavy atom. The van der Waals surface area contributed by atoms with Crippen LogP contribution in [0.25, 0.3) is 26.8 Å². The summed E-state index contributed by atoms with van der Waals surface area (Å²) in [5.41, 5.74) is 3.02. The van der Waals surface area contributed by atoms with Crippen LogP contribution in [0.1, 0.15) is 0 Å². The quantitative estimate of drug-likeness (QED) is 0.353. The number of benzene rings is 2. The first kappa shape index (κ1) is 16.6. The van der Waals surface area contributed by atoms with Gasteiger partial charge in [0.05, 0.1) is 11.9 Å². The van der Waals surface area contributed by atoms with E-state index in [0.29, 0.717) is 0 Å². The van der Waals surface area contributed by atoms with Gasteiger partial charge in [0.1, 0.15) is 5.01 Å². The first-order valence-corrected chi connectivity index (χ1v) is 8.56. The minimum Gasteiger partial charge on any atom is -0.217 e. The van der Waals surface area contributed by atoms with E-state index in [9.17, 15) is 0 Å². The number of imidazole rings is 1. The summed E-state index contributed by atoms with van der Waals surface area (Å²) in [6, 6.07) is 15.8. The smallest absolute Gasteiger partial charge is 0.213 e. The van der Waals surface area contributed by atoms with Gasteiger partial charge in [0, 0.05) is 20.6 Å². The van der Waals surface area contributed by atoms with Crippen molar-refractivity contribution in [2.24, 2.45) is 0 Å². The van der Waals surface area contributed by atoms with Crippen molar-refractivity contribution in [1.82, 2.24) is 14.6 Å². The first-order valence-electron chi connectivity index (χ1n) is 6.57. The first-order chi connectivity index (χ1) is 10.7. The summed E-state index contributed by atoms with van der Waals surface area (Å²) in [6.45, 7) is 0. The summed E-state index contributed by atoms with van der Waals surface area (Å²) in [5, 5.41) is 6.29. The number of nitrogens with zero attached hydrogens (tertiary/aromatic N) is 3. The third-order valence-corrected chi connectivity index (χ3v) is 5.03. The zero-order valence-electron chi connectivity index (χ0n) is 11.6. The van der Waals surface area contributed by atoms with Crippen LogP contribution in [0.4, 0.5) is 0 Å². The summed E-state index contributed by atoms with van der Waals surface area (Å²) in [7, 11) is 0. The highest BCUT2D eigenvalue weighted by Gasteiger charge is 2.11. The van der Waals surface area contributed by atoms with E-state index in [4.69, 9.17) is 11.6 Å². The van der Waals surface area contributed by atoms with Crippen molar-refractivity contribution >= 4 is 60.8 Å². The molecule has 0 aliphatic heterocycles. The Morgan fingerprint density at radius 3 is 2.26 bits per heavy atom. The van der Waals surface area contributed by atoms with Crippen molar-refractivity contribution in [2.45, 2.75) is 0 Å². The topological polar surface area (TPSA) is 30.2 Å². The molecule has 0 radical (unpaired) electrons. The molecule has 0 amide bonds. The summed E-state index contributed by atoms with van der Waals surface area (Å²) in [4.78, 5) is 5.52. The van der Waals surface area contributed by atoms with Crippen molar-refractivity contribution in [3.63, 3.8) is 0 Å². The summed E-state index contributed by atoms with van der Waals surface area (Å²) in [5.74, 6) is 0. The molecule has 0 aliphatic rings. The summed E-state index contributed by atoms with van der Waals surface area (Å²) < 4.78 is 2.88.